The molecule has 21 heavy (non-hydrogen) atoms. The smallest absolute Gasteiger partial charge is 0.260 e. The summed E-state index contributed by atoms with van der Waals surface area (Å²) in [6.45, 7) is 2.47. The molecule has 4 heteroatoms. The van der Waals surface area contributed by atoms with Crippen LogP contribution in [0.15, 0.2) is 40.4 Å². The Labute approximate surface area is 134 Å². The fourth-order valence-corrected chi connectivity index (χ4v) is 2.80. The van der Waals surface area contributed by atoms with E-state index in [2.05, 4.69) is 27.3 Å². The van der Waals surface area contributed by atoms with Gasteiger partial charge in [0.1, 0.15) is 5.75 Å². The Bertz CT molecular complexity index is 513. The zero-order valence-electron chi connectivity index (χ0n) is 12.4. The molecule has 0 saturated heterocycles. The summed E-state index contributed by atoms with van der Waals surface area (Å²) in [5, 5.41) is 2.95. The molecule has 3 nitrogen and oxygen atoms in total. The van der Waals surface area contributed by atoms with Gasteiger partial charge in [-0.05, 0) is 57.2 Å². The Hall–Kier alpha value is -1.29. The standard InChI is InChI=1S/C17H22BrNO2/c1-13(21-16-9-5-8-15(18)12-16)17(20)19-11-10-14-6-3-2-4-7-14/h5-6,8-9,12-13H,2-4,7,10-11H2,1H3,(H,19,20). The number of nitrogens with one attached hydrogen (secondary N) is 1. The molecule has 0 radical (unpaired) electrons. The molecule has 0 fully saturated rings. The fourth-order valence-electron chi connectivity index (χ4n) is 2.42. The van der Waals surface area contributed by atoms with E-state index in [1.807, 2.05) is 24.3 Å². The number of rotatable bonds is 6. The minimum atomic E-state index is -0.486. The van der Waals surface area contributed by atoms with Crippen molar-refractivity contribution in [3.8, 4) is 5.75 Å². The molecule has 0 bridgehead atoms. The number of carbonyl (C=O) groups excluding carboxylic acids is 1. The molecule has 1 aromatic carbocycles. The second-order valence-electron chi connectivity index (χ2n) is 5.37. The lowest BCUT2D eigenvalue weighted by atomic mass is 9.97. The molecule has 0 aliphatic heterocycles. The van der Waals surface area contributed by atoms with E-state index in [4.69, 9.17) is 4.74 Å². The predicted molar refractivity (Wildman–Crippen MR) is 88.4 cm³/mol. The van der Waals surface area contributed by atoms with Gasteiger partial charge >= 0.3 is 0 Å². The summed E-state index contributed by atoms with van der Waals surface area (Å²) in [6.07, 6.45) is 7.73. The van der Waals surface area contributed by atoms with Crippen LogP contribution in [0.3, 0.4) is 0 Å². The summed E-state index contributed by atoms with van der Waals surface area (Å²) in [4.78, 5) is 12.0. The number of hydrogen-bond donors (Lipinski definition) is 1. The normalized spacial score (nSPS) is 16.0. The van der Waals surface area contributed by atoms with E-state index < -0.39 is 6.10 Å². The van der Waals surface area contributed by atoms with Crippen molar-refractivity contribution in [3.05, 3.63) is 40.4 Å². The van der Waals surface area contributed by atoms with E-state index in [-0.39, 0.29) is 5.91 Å². The minimum Gasteiger partial charge on any atom is -0.481 e. The van der Waals surface area contributed by atoms with E-state index in [0.717, 1.165) is 10.9 Å². The van der Waals surface area contributed by atoms with Crippen molar-refractivity contribution in [2.24, 2.45) is 0 Å². The lowest BCUT2D eigenvalue weighted by molar-refractivity contribution is -0.127. The Balaban J connectivity index is 1.73. The van der Waals surface area contributed by atoms with Crippen LogP contribution in [0, 0.1) is 0 Å². The molecular formula is C17H22BrNO2. The van der Waals surface area contributed by atoms with Gasteiger partial charge in [-0.3, -0.25) is 4.79 Å². The second kappa shape index (κ2) is 8.23. The van der Waals surface area contributed by atoms with E-state index in [0.29, 0.717) is 12.3 Å². The molecule has 2 rings (SSSR count). The Kier molecular flexibility index (Phi) is 6.30. The van der Waals surface area contributed by atoms with E-state index in [9.17, 15) is 4.79 Å². The Morgan fingerprint density at radius 2 is 2.29 bits per heavy atom. The monoisotopic (exact) mass is 351 g/mol. The third-order valence-corrected chi connectivity index (χ3v) is 4.10. The van der Waals surface area contributed by atoms with Crippen molar-refractivity contribution in [2.45, 2.75) is 45.1 Å². The number of allylic oxidation sites excluding steroid dienone is 1. The van der Waals surface area contributed by atoms with Gasteiger partial charge in [-0.2, -0.15) is 0 Å². The average molecular weight is 352 g/mol. The first-order valence-electron chi connectivity index (χ1n) is 7.53. The molecular weight excluding hydrogens is 330 g/mol. The second-order valence-corrected chi connectivity index (χ2v) is 6.28. The highest BCUT2D eigenvalue weighted by Crippen LogP contribution is 2.20. The van der Waals surface area contributed by atoms with Crippen molar-refractivity contribution in [2.75, 3.05) is 6.54 Å². The number of ether oxygens (including phenoxy) is 1. The lowest BCUT2D eigenvalue weighted by Gasteiger charge is -2.16. The van der Waals surface area contributed by atoms with E-state index in [1.54, 1.807) is 6.92 Å². The number of benzene rings is 1. The summed E-state index contributed by atoms with van der Waals surface area (Å²) in [6, 6.07) is 7.52. The van der Waals surface area contributed by atoms with Gasteiger partial charge < -0.3 is 10.1 Å². The van der Waals surface area contributed by atoms with Crippen LogP contribution in [0.2, 0.25) is 0 Å². The molecule has 0 heterocycles. The summed E-state index contributed by atoms with van der Waals surface area (Å²) in [5.41, 5.74) is 1.47. The van der Waals surface area contributed by atoms with Crippen molar-refractivity contribution >= 4 is 21.8 Å². The van der Waals surface area contributed by atoms with Crippen LogP contribution < -0.4 is 10.1 Å². The summed E-state index contributed by atoms with van der Waals surface area (Å²) < 4.78 is 6.58. The van der Waals surface area contributed by atoms with Crippen molar-refractivity contribution < 1.29 is 9.53 Å². The van der Waals surface area contributed by atoms with Crippen LogP contribution in [-0.4, -0.2) is 18.6 Å². The molecule has 1 N–H and O–H groups in total. The molecule has 1 aromatic rings. The van der Waals surface area contributed by atoms with Crippen LogP contribution in [0.25, 0.3) is 0 Å². The molecule has 1 amide bonds. The predicted octanol–water partition coefficient (Wildman–Crippen LogP) is 4.22. The highest BCUT2D eigenvalue weighted by atomic mass is 79.9. The first-order valence-corrected chi connectivity index (χ1v) is 8.32. The number of hydrogen-bond acceptors (Lipinski definition) is 2. The molecule has 1 aliphatic rings. The maximum atomic E-state index is 12.0. The van der Waals surface area contributed by atoms with Crippen molar-refractivity contribution in [1.82, 2.24) is 5.32 Å². The van der Waals surface area contributed by atoms with Gasteiger partial charge in [0.15, 0.2) is 6.10 Å². The fraction of sp³-hybridized carbons (Fsp3) is 0.471. The van der Waals surface area contributed by atoms with E-state index in [1.165, 1.54) is 31.3 Å². The third kappa shape index (κ3) is 5.54. The lowest BCUT2D eigenvalue weighted by Crippen LogP contribution is -2.36. The van der Waals surface area contributed by atoms with Crippen molar-refractivity contribution in [3.63, 3.8) is 0 Å². The van der Waals surface area contributed by atoms with Gasteiger partial charge in [0.05, 0.1) is 0 Å². The highest BCUT2D eigenvalue weighted by Gasteiger charge is 2.14. The molecule has 1 atom stereocenters. The zero-order chi connectivity index (χ0) is 15.1. The van der Waals surface area contributed by atoms with Gasteiger partial charge in [-0.1, -0.05) is 33.6 Å². The van der Waals surface area contributed by atoms with Gasteiger partial charge in [-0.15, -0.1) is 0 Å². The van der Waals surface area contributed by atoms with Crippen LogP contribution in [-0.2, 0) is 4.79 Å². The SMILES string of the molecule is CC(Oc1cccc(Br)c1)C(=O)NCCC1=CCCCC1. The topological polar surface area (TPSA) is 38.3 Å². The molecule has 0 spiro atoms. The number of carbonyl (C=O) groups is 1. The van der Waals surface area contributed by atoms with Gasteiger partial charge in [0.2, 0.25) is 0 Å². The van der Waals surface area contributed by atoms with E-state index >= 15 is 0 Å². The first-order chi connectivity index (χ1) is 10.1. The van der Waals surface area contributed by atoms with Gasteiger partial charge in [0, 0.05) is 11.0 Å². The summed E-state index contributed by atoms with van der Waals surface area (Å²) in [5.74, 6) is 0.633. The largest absolute Gasteiger partial charge is 0.481 e. The quantitative estimate of drug-likeness (QED) is 0.779. The van der Waals surface area contributed by atoms with Crippen LogP contribution in [0.4, 0.5) is 0 Å². The maximum Gasteiger partial charge on any atom is 0.260 e. The van der Waals surface area contributed by atoms with Crippen LogP contribution in [0.5, 0.6) is 5.75 Å². The molecule has 1 aliphatic carbocycles. The van der Waals surface area contributed by atoms with Gasteiger partial charge in [0.25, 0.3) is 5.91 Å². The van der Waals surface area contributed by atoms with Crippen molar-refractivity contribution in [1.29, 1.82) is 0 Å². The Morgan fingerprint density at radius 1 is 1.43 bits per heavy atom. The first kappa shape index (κ1) is 16.1. The third-order valence-electron chi connectivity index (χ3n) is 3.61. The average Bonchev–Trinajstić information content (AvgIpc) is 2.48. The molecule has 0 saturated carbocycles. The number of amides is 1. The maximum absolute atomic E-state index is 12.0. The van der Waals surface area contributed by atoms with Gasteiger partial charge in [-0.25, -0.2) is 0 Å². The molecule has 0 aromatic heterocycles. The summed E-state index contributed by atoms with van der Waals surface area (Å²) >= 11 is 3.39. The molecule has 114 valence electrons. The number of halogens is 1. The minimum absolute atomic E-state index is 0.0635. The van der Waals surface area contributed by atoms with Crippen LogP contribution >= 0.6 is 15.9 Å². The zero-order valence-corrected chi connectivity index (χ0v) is 14.0. The summed E-state index contributed by atoms with van der Waals surface area (Å²) in [7, 11) is 0. The molecule has 1 unspecified atom stereocenters. The van der Waals surface area contributed by atoms with Crippen LogP contribution in [0.1, 0.15) is 39.0 Å². The Morgan fingerprint density at radius 3 is 3.00 bits per heavy atom. The highest BCUT2D eigenvalue weighted by molar-refractivity contribution is 9.10.